The number of aliphatic hydroxyl groups is 1. The average molecular weight is 256 g/mol. The second-order valence-corrected chi connectivity index (χ2v) is 5.50. The Hall–Kier alpha value is -0.570. The molecule has 1 rings (SSSR count). The molecule has 1 atom stereocenters. The molecule has 1 aromatic carbocycles. The van der Waals surface area contributed by atoms with Crippen molar-refractivity contribution in [2.24, 2.45) is 0 Å². The van der Waals surface area contributed by atoms with Gasteiger partial charge in [0, 0.05) is 11.1 Å². The molecule has 0 saturated heterocycles. The lowest BCUT2D eigenvalue weighted by Crippen LogP contribution is -2.31. The van der Waals surface area contributed by atoms with Gasteiger partial charge >= 0.3 is 0 Å². The number of halogens is 1. The molecule has 0 amide bonds. The lowest BCUT2D eigenvalue weighted by Gasteiger charge is -2.25. The fourth-order valence-electron chi connectivity index (χ4n) is 1.68. The van der Waals surface area contributed by atoms with Gasteiger partial charge in [-0.05, 0) is 44.0 Å². The average Bonchev–Trinajstić information content (AvgIpc) is 2.21. The fraction of sp³-hybridized carbons (Fsp3) is 0.571. The number of rotatable bonds is 5. The summed E-state index contributed by atoms with van der Waals surface area (Å²) < 4.78 is 0. The normalized spacial score (nSPS) is 15.0. The van der Waals surface area contributed by atoms with Crippen LogP contribution in [0.4, 0.5) is 0 Å². The molecular weight excluding hydrogens is 234 g/mol. The number of nitrogens with one attached hydrogen (secondary N) is 1. The molecule has 96 valence electrons. The molecule has 3 heteroatoms. The van der Waals surface area contributed by atoms with Gasteiger partial charge in [0.2, 0.25) is 0 Å². The second kappa shape index (κ2) is 5.85. The van der Waals surface area contributed by atoms with Gasteiger partial charge in [-0.25, -0.2) is 0 Å². The molecule has 0 bridgehead atoms. The molecule has 1 unspecified atom stereocenters. The highest BCUT2D eigenvalue weighted by Crippen LogP contribution is 2.27. The Labute approximate surface area is 109 Å². The van der Waals surface area contributed by atoms with Crippen LogP contribution in [-0.2, 0) is 5.60 Å². The minimum Gasteiger partial charge on any atom is -0.385 e. The van der Waals surface area contributed by atoms with Crippen molar-refractivity contribution in [1.29, 1.82) is 0 Å². The third-order valence-electron chi connectivity index (χ3n) is 2.96. The van der Waals surface area contributed by atoms with E-state index < -0.39 is 5.60 Å². The standard InChI is InChI=1S/C14H22ClNO/c1-10(2)16-8-7-14(4,17)12-6-5-11(3)13(15)9-12/h5-6,9-10,16-17H,7-8H2,1-4H3. The monoisotopic (exact) mass is 255 g/mol. The van der Waals surface area contributed by atoms with Crippen LogP contribution in [0.1, 0.15) is 38.3 Å². The lowest BCUT2D eigenvalue weighted by atomic mass is 9.92. The topological polar surface area (TPSA) is 32.3 Å². The molecule has 0 aromatic heterocycles. The maximum Gasteiger partial charge on any atom is 0.0881 e. The molecule has 0 heterocycles. The molecule has 0 fully saturated rings. The minimum atomic E-state index is -0.834. The first-order valence-electron chi connectivity index (χ1n) is 6.05. The first-order valence-corrected chi connectivity index (χ1v) is 6.43. The summed E-state index contributed by atoms with van der Waals surface area (Å²) >= 11 is 6.08. The molecule has 0 aliphatic heterocycles. The van der Waals surface area contributed by atoms with Crippen LogP contribution in [0, 0.1) is 6.92 Å². The van der Waals surface area contributed by atoms with E-state index in [2.05, 4.69) is 19.2 Å². The largest absolute Gasteiger partial charge is 0.385 e. The summed E-state index contributed by atoms with van der Waals surface area (Å²) in [6.45, 7) is 8.77. The summed E-state index contributed by atoms with van der Waals surface area (Å²) in [5.41, 5.74) is 1.07. The summed E-state index contributed by atoms with van der Waals surface area (Å²) in [5.74, 6) is 0. The molecule has 2 N–H and O–H groups in total. The van der Waals surface area contributed by atoms with E-state index in [-0.39, 0.29) is 0 Å². The number of hydrogen-bond donors (Lipinski definition) is 2. The SMILES string of the molecule is Cc1ccc(C(C)(O)CCNC(C)C)cc1Cl. The van der Waals surface area contributed by atoms with E-state index in [4.69, 9.17) is 11.6 Å². The van der Waals surface area contributed by atoms with Crippen LogP contribution in [0.3, 0.4) is 0 Å². The molecule has 0 aliphatic rings. The highest BCUT2D eigenvalue weighted by Gasteiger charge is 2.23. The maximum atomic E-state index is 10.4. The zero-order valence-corrected chi connectivity index (χ0v) is 11.8. The van der Waals surface area contributed by atoms with Crippen molar-refractivity contribution in [3.8, 4) is 0 Å². The van der Waals surface area contributed by atoms with Gasteiger partial charge in [-0.1, -0.05) is 37.6 Å². The van der Waals surface area contributed by atoms with E-state index in [1.54, 1.807) is 0 Å². The summed E-state index contributed by atoms with van der Waals surface area (Å²) in [7, 11) is 0. The smallest absolute Gasteiger partial charge is 0.0881 e. The molecule has 2 nitrogen and oxygen atoms in total. The van der Waals surface area contributed by atoms with E-state index in [1.807, 2.05) is 32.0 Å². The van der Waals surface area contributed by atoms with Crippen LogP contribution in [0.2, 0.25) is 5.02 Å². The van der Waals surface area contributed by atoms with Crippen LogP contribution < -0.4 is 5.32 Å². The Bertz CT molecular complexity index is 374. The van der Waals surface area contributed by atoms with Gasteiger partial charge in [0.25, 0.3) is 0 Å². The Morgan fingerprint density at radius 3 is 2.59 bits per heavy atom. The van der Waals surface area contributed by atoms with E-state index in [0.29, 0.717) is 17.5 Å². The molecule has 0 aliphatic carbocycles. The van der Waals surface area contributed by atoms with Crippen molar-refractivity contribution in [2.45, 2.75) is 45.8 Å². The van der Waals surface area contributed by atoms with Crippen molar-refractivity contribution in [3.63, 3.8) is 0 Å². The van der Waals surface area contributed by atoms with Crippen LogP contribution in [0.5, 0.6) is 0 Å². The summed E-state index contributed by atoms with van der Waals surface area (Å²) in [6, 6.07) is 6.18. The van der Waals surface area contributed by atoms with Crippen molar-refractivity contribution in [2.75, 3.05) is 6.54 Å². The molecule has 1 aromatic rings. The minimum absolute atomic E-state index is 0.437. The number of hydrogen-bond acceptors (Lipinski definition) is 2. The van der Waals surface area contributed by atoms with Crippen molar-refractivity contribution in [3.05, 3.63) is 34.3 Å². The van der Waals surface area contributed by atoms with Crippen LogP contribution in [0.25, 0.3) is 0 Å². The Kier molecular flexibility index (Phi) is 4.99. The summed E-state index contributed by atoms with van der Waals surface area (Å²) in [6.07, 6.45) is 0.671. The van der Waals surface area contributed by atoms with E-state index >= 15 is 0 Å². The van der Waals surface area contributed by atoms with Crippen LogP contribution >= 0.6 is 11.6 Å². The lowest BCUT2D eigenvalue weighted by molar-refractivity contribution is 0.0475. The Morgan fingerprint density at radius 1 is 1.41 bits per heavy atom. The van der Waals surface area contributed by atoms with Crippen LogP contribution in [0.15, 0.2) is 18.2 Å². The molecule has 17 heavy (non-hydrogen) atoms. The van der Waals surface area contributed by atoms with Crippen LogP contribution in [-0.4, -0.2) is 17.7 Å². The summed E-state index contributed by atoms with van der Waals surface area (Å²) in [4.78, 5) is 0. The van der Waals surface area contributed by atoms with Gasteiger partial charge in [-0.3, -0.25) is 0 Å². The highest BCUT2D eigenvalue weighted by atomic mass is 35.5. The molecule has 0 saturated carbocycles. The third kappa shape index (κ3) is 4.30. The number of benzene rings is 1. The predicted octanol–water partition coefficient (Wildman–Crippen LogP) is 3.24. The summed E-state index contributed by atoms with van der Waals surface area (Å²) in [5, 5.41) is 14.4. The first-order chi connectivity index (χ1) is 7.83. The van der Waals surface area contributed by atoms with Crippen molar-refractivity contribution < 1.29 is 5.11 Å². The van der Waals surface area contributed by atoms with Crippen molar-refractivity contribution >= 4 is 11.6 Å². The quantitative estimate of drug-likeness (QED) is 0.847. The predicted molar refractivity (Wildman–Crippen MR) is 73.5 cm³/mol. The highest BCUT2D eigenvalue weighted by molar-refractivity contribution is 6.31. The van der Waals surface area contributed by atoms with E-state index in [1.165, 1.54) is 0 Å². The maximum absolute atomic E-state index is 10.4. The van der Waals surface area contributed by atoms with Gasteiger partial charge in [0.1, 0.15) is 0 Å². The van der Waals surface area contributed by atoms with E-state index in [0.717, 1.165) is 17.7 Å². The number of aryl methyl sites for hydroxylation is 1. The van der Waals surface area contributed by atoms with Gasteiger partial charge in [0.15, 0.2) is 0 Å². The molecular formula is C14H22ClNO. The fourth-order valence-corrected chi connectivity index (χ4v) is 1.86. The second-order valence-electron chi connectivity index (χ2n) is 5.10. The Balaban J connectivity index is 2.71. The van der Waals surface area contributed by atoms with Gasteiger partial charge in [-0.15, -0.1) is 0 Å². The van der Waals surface area contributed by atoms with E-state index in [9.17, 15) is 5.11 Å². The van der Waals surface area contributed by atoms with Gasteiger partial charge in [-0.2, -0.15) is 0 Å². The molecule has 0 radical (unpaired) electrons. The third-order valence-corrected chi connectivity index (χ3v) is 3.37. The van der Waals surface area contributed by atoms with Gasteiger partial charge < -0.3 is 10.4 Å². The zero-order chi connectivity index (χ0) is 13.1. The molecule has 0 spiro atoms. The van der Waals surface area contributed by atoms with Crippen molar-refractivity contribution in [1.82, 2.24) is 5.32 Å². The Morgan fingerprint density at radius 2 is 2.06 bits per heavy atom. The van der Waals surface area contributed by atoms with Gasteiger partial charge in [0.05, 0.1) is 5.60 Å². The zero-order valence-electron chi connectivity index (χ0n) is 11.0. The first kappa shape index (κ1) is 14.5.